The van der Waals surface area contributed by atoms with Gasteiger partial charge in [-0.05, 0) is 36.6 Å². The first-order valence-electron chi connectivity index (χ1n) is 9.10. The van der Waals surface area contributed by atoms with Crippen LogP contribution in [0, 0.1) is 0 Å². The molecule has 3 aromatic rings. The molecule has 9 heteroatoms. The topological polar surface area (TPSA) is 93.1 Å². The maximum absolute atomic E-state index is 12.5. The van der Waals surface area contributed by atoms with Crippen molar-refractivity contribution in [2.24, 2.45) is 0 Å². The van der Waals surface area contributed by atoms with Crippen molar-refractivity contribution in [3.05, 3.63) is 65.5 Å². The third-order valence-electron chi connectivity index (χ3n) is 4.49. The van der Waals surface area contributed by atoms with Crippen LogP contribution in [0.1, 0.15) is 17.0 Å². The molecule has 0 aliphatic carbocycles. The summed E-state index contributed by atoms with van der Waals surface area (Å²) in [5.41, 5.74) is 3.43. The Morgan fingerprint density at radius 3 is 2.48 bits per heavy atom. The van der Waals surface area contributed by atoms with E-state index in [2.05, 4.69) is 15.0 Å². The van der Waals surface area contributed by atoms with Gasteiger partial charge in [0.2, 0.25) is 15.9 Å². The number of thioether (sulfide) groups is 1. The first-order chi connectivity index (χ1) is 13.9. The van der Waals surface area contributed by atoms with Gasteiger partial charge in [0.25, 0.3) is 0 Å². The van der Waals surface area contributed by atoms with E-state index in [4.69, 9.17) is 0 Å². The summed E-state index contributed by atoms with van der Waals surface area (Å²) in [5.74, 6) is 1.45. The molecule has 0 saturated heterocycles. The number of imidazole rings is 1. The number of carbonyl (C=O) groups excluding carboxylic acids is 1. The van der Waals surface area contributed by atoms with Crippen molar-refractivity contribution in [1.29, 1.82) is 0 Å². The molecule has 0 aliphatic rings. The molecular weight excluding hydrogens is 408 g/mol. The number of fused-ring (bicyclic) bond motifs is 1. The van der Waals surface area contributed by atoms with Gasteiger partial charge in [-0.1, -0.05) is 36.4 Å². The molecule has 0 unspecified atom stereocenters. The van der Waals surface area contributed by atoms with E-state index in [9.17, 15) is 13.2 Å². The summed E-state index contributed by atoms with van der Waals surface area (Å²) in [6, 6.07) is 15.0. The third-order valence-corrected chi connectivity index (χ3v) is 6.37. The first kappa shape index (κ1) is 21.4. The van der Waals surface area contributed by atoms with Crippen LogP contribution in [-0.4, -0.2) is 37.2 Å². The Morgan fingerprint density at radius 1 is 1.10 bits per heavy atom. The van der Waals surface area contributed by atoms with Crippen LogP contribution in [0.2, 0.25) is 0 Å². The Hall–Kier alpha value is -2.36. The number of carbonyl (C=O) groups is 1. The Bertz CT molecular complexity index is 1090. The molecule has 0 atom stereocenters. The highest BCUT2D eigenvalue weighted by Gasteiger charge is 2.13. The number of hydrogen-bond donors (Lipinski definition) is 2. The van der Waals surface area contributed by atoms with Gasteiger partial charge in [-0.3, -0.25) is 4.79 Å². The predicted octanol–water partition coefficient (Wildman–Crippen LogP) is 2.26. The molecule has 0 aliphatic heterocycles. The van der Waals surface area contributed by atoms with Gasteiger partial charge in [-0.2, -0.15) is 11.8 Å². The second-order valence-corrected chi connectivity index (χ2v) is 9.38. The fourth-order valence-electron chi connectivity index (χ4n) is 2.99. The molecule has 2 aromatic carbocycles. The van der Waals surface area contributed by atoms with Gasteiger partial charge in [0, 0.05) is 6.54 Å². The highest BCUT2D eigenvalue weighted by atomic mass is 32.2. The molecule has 0 saturated carbocycles. The van der Waals surface area contributed by atoms with Crippen LogP contribution in [0.5, 0.6) is 0 Å². The summed E-state index contributed by atoms with van der Waals surface area (Å²) in [7, 11) is -1.90. The predicted molar refractivity (Wildman–Crippen MR) is 117 cm³/mol. The molecule has 2 N–H and O–H groups in total. The van der Waals surface area contributed by atoms with Gasteiger partial charge in [0.05, 0.1) is 22.5 Å². The fraction of sp³-hybridized carbons (Fsp3) is 0.300. The van der Waals surface area contributed by atoms with Crippen LogP contribution in [0.15, 0.2) is 48.5 Å². The third kappa shape index (κ3) is 5.59. The molecule has 7 nitrogen and oxygen atoms in total. The second kappa shape index (κ2) is 9.43. The van der Waals surface area contributed by atoms with Crippen molar-refractivity contribution in [2.75, 3.05) is 13.3 Å². The Kier molecular flexibility index (Phi) is 6.94. The number of nitrogens with one attached hydrogen (secondary N) is 2. The minimum absolute atomic E-state index is 0.0674. The molecule has 1 amide bonds. The molecule has 154 valence electrons. The van der Waals surface area contributed by atoms with E-state index >= 15 is 0 Å². The van der Waals surface area contributed by atoms with Gasteiger partial charge in [-0.25, -0.2) is 18.1 Å². The standard InChI is InChI=1S/C20H24N4O3S2/c1-21-29(26,27)14-16-9-7-15(8-10-16)11-22-20(25)12-24-18-6-4-3-5-17(18)23-19(24)13-28-2/h3-10,21H,11-14H2,1-2H3,(H,22,25). The van der Waals surface area contributed by atoms with E-state index in [1.165, 1.54) is 7.05 Å². The lowest BCUT2D eigenvalue weighted by molar-refractivity contribution is -0.121. The van der Waals surface area contributed by atoms with E-state index in [1.807, 2.05) is 47.2 Å². The molecule has 0 bridgehead atoms. The lowest BCUT2D eigenvalue weighted by Crippen LogP contribution is -2.27. The summed E-state index contributed by atoms with van der Waals surface area (Å²) >= 11 is 1.67. The van der Waals surface area contributed by atoms with Crippen molar-refractivity contribution < 1.29 is 13.2 Å². The molecular formula is C20H24N4O3S2. The zero-order valence-corrected chi connectivity index (χ0v) is 18.0. The lowest BCUT2D eigenvalue weighted by atomic mass is 10.1. The maximum Gasteiger partial charge on any atom is 0.240 e. The summed E-state index contributed by atoms with van der Waals surface area (Å²) in [5, 5.41) is 2.93. The molecule has 0 radical (unpaired) electrons. The Labute approximate surface area is 175 Å². The Morgan fingerprint density at radius 2 is 1.79 bits per heavy atom. The average Bonchev–Trinajstić information content (AvgIpc) is 3.05. The zero-order valence-electron chi connectivity index (χ0n) is 16.4. The molecule has 0 spiro atoms. The fourth-order valence-corrected chi connectivity index (χ4v) is 4.24. The van der Waals surface area contributed by atoms with Gasteiger partial charge in [0.15, 0.2) is 0 Å². The van der Waals surface area contributed by atoms with Crippen LogP contribution in [-0.2, 0) is 39.4 Å². The number of aromatic nitrogens is 2. The van der Waals surface area contributed by atoms with Crippen molar-refractivity contribution in [3.63, 3.8) is 0 Å². The molecule has 0 fully saturated rings. The zero-order chi connectivity index (χ0) is 20.9. The smallest absolute Gasteiger partial charge is 0.240 e. The highest BCUT2D eigenvalue weighted by Crippen LogP contribution is 2.19. The van der Waals surface area contributed by atoms with E-state index in [-0.39, 0.29) is 18.2 Å². The van der Waals surface area contributed by atoms with Gasteiger partial charge in [-0.15, -0.1) is 0 Å². The van der Waals surface area contributed by atoms with Gasteiger partial charge < -0.3 is 9.88 Å². The summed E-state index contributed by atoms with van der Waals surface area (Å²) < 4.78 is 27.5. The Balaban J connectivity index is 1.63. The van der Waals surface area contributed by atoms with Crippen LogP contribution in [0.4, 0.5) is 0 Å². The summed E-state index contributed by atoms with van der Waals surface area (Å²) in [4.78, 5) is 17.2. The number of para-hydroxylation sites is 2. The van der Waals surface area contributed by atoms with E-state index in [1.54, 1.807) is 23.9 Å². The largest absolute Gasteiger partial charge is 0.350 e. The quantitative estimate of drug-likeness (QED) is 0.541. The van der Waals surface area contributed by atoms with E-state index < -0.39 is 10.0 Å². The minimum atomic E-state index is -3.30. The summed E-state index contributed by atoms with van der Waals surface area (Å²) in [6.07, 6.45) is 2.01. The van der Waals surface area contributed by atoms with Crippen molar-refractivity contribution >= 4 is 38.7 Å². The highest BCUT2D eigenvalue weighted by molar-refractivity contribution is 7.97. The van der Waals surface area contributed by atoms with E-state index in [0.717, 1.165) is 28.2 Å². The van der Waals surface area contributed by atoms with Crippen LogP contribution < -0.4 is 10.0 Å². The van der Waals surface area contributed by atoms with Crippen LogP contribution >= 0.6 is 11.8 Å². The number of amides is 1. The lowest BCUT2D eigenvalue weighted by Gasteiger charge is -2.10. The number of nitrogens with zero attached hydrogens (tertiary/aromatic N) is 2. The molecule has 1 heterocycles. The van der Waals surface area contributed by atoms with Crippen LogP contribution in [0.3, 0.4) is 0 Å². The molecule has 29 heavy (non-hydrogen) atoms. The van der Waals surface area contributed by atoms with Crippen molar-refractivity contribution in [2.45, 2.75) is 24.6 Å². The maximum atomic E-state index is 12.5. The SMILES string of the molecule is CNS(=O)(=O)Cc1ccc(CNC(=O)Cn2c(CSC)nc3ccccc32)cc1. The number of sulfonamides is 1. The normalized spacial score (nSPS) is 11.7. The van der Waals surface area contributed by atoms with E-state index in [0.29, 0.717) is 12.1 Å². The first-order valence-corrected chi connectivity index (χ1v) is 12.2. The second-order valence-electron chi connectivity index (χ2n) is 6.59. The number of hydrogen-bond acceptors (Lipinski definition) is 5. The molecule has 1 aromatic heterocycles. The monoisotopic (exact) mass is 432 g/mol. The number of benzene rings is 2. The van der Waals surface area contributed by atoms with Crippen molar-refractivity contribution in [1.82, 2.24) is 19.6 Å². The average molecular weight is 433 g/mol. The summed E-state index contributed by atoms with van der Waals surface area (Å²) in [6.45, 7) is 0.581. The van der Waals surface area contributed by atoms with Gasteiger partial charge >= 0.3 is 0 Å². The van der Waals surface area contributed by atoms with Gasteiger partial charge in [0.1, 0.15) is 12.4 Å². The molecule has 3 rings (SSSR count). The van der Waals surface area contributed by atoms with Crippen molar-refractivity contribution in [3.8, 4) is 0 Å². The number of rotatable bonds is 9. The van der Waals surface area contributed by atoms with Crippen LogP contribution in [0.25, 0.3) is 11.0 Å². The minimum Gasteiger partial charge on any atom is -0.350 e.